The van der Waals surface area contributed by atoms with Crippen LogP contribution in [0.5, 0.6) is 0 Å². The molecule has 0 radical (unpaired) electrons. The van der Waals surface area contributed by atoms with Gasteiger partial charge in [-0.2, -0.15) is 9.78 Å². The highest BCUT2D eigenvalue weighted by atomic mass is 15.4. The molecule has 8 nitrogen and oxygen atoms in total. The lowest BCUT2D eigenvalue weighted by Gasteiger charge is -2.03. The van der Waals surface area contributed by atoms with Crippen molar-refractivity contribution in [1.29, 1.82) is 0 Å². The summed E-state index contributed by atoms with van der Waals surface area (Å²) in [6.45, 7) is 5.92. The van der Waals surface area contributed by atoms with E-state index in [1.165, 1.54) is 5.56 Å². The second-order valence-corrected chi connectivity index (χ2v) is 6.56. The molecule has 0 aliphatic carbocycles. The molecular formula is C19H16N8. The van der Waals surface area contributed by atoms with Crippen LogP contribution in [0.4, 0.5) is 0 Å². The highest BCUT2D eigenvalue weighted by Gasteiger charge is 2.15. The molecule has 0 unspecified atom stereocenters. The van der Waals surface area contributed by atoms with Crippen LogP contribution in [0.2, 0.25) is 0 Å². The Balaban J connectivity index is 1.70. The molecule has 27 heavy (non-hydrogen) atoms. The summed E-state index contributed by atoms with van der Waals surface area (Å²) in [5, 5.41) is 9.78. The Bertz CT molecular complexity index is 1280. The van der Waals surface area contributed by atoms with Crippen molar-refractivity contribution in [2.45, 2.75) is 20.8 Å². The Kier molecular flexibility index (Phi) is 3.27. The molecule has 0 saturated heterocycles. The highest BCUT2D eigenvalue weighted by Crippen LogP contribution is 2.22. The highest BCUT2D eigenvalue weighted by molar-refractivity contribution is 5.89. The van der Waals surface area contributed by atoms with Crippen LogP contribution in [0.1, 0.15) is 17.0 Å². The minimum Gasteiger partial charge on any atom is -0.216 e. The lowest BCUT2D eigenvalue weighted by atomic mass is 10.1. The molecular weight excluding hydrogens is 340 g/mol. The predicted molar refractivity (Wildman–Crippen MR) is 101 cm³/mol. The van der Waals surface area contributed by atoms with Crippen LogP contribution in [0.15, 0.2) is 42.9 Å². The number of benzene rings is 1. The van der Waals surface area contributed by atoms with Crippen molar-refractivity contribution < 1.29 is 0 Å². The Hall–Kier alpha value is -3.68. The summed E-state index contributed by atoms with van der Waals surface area (Å²) >= 11 is 0. The number of hydrogen-bond donors (Lipinski definition) is 0. The number of rotatable bonds is 2. The zero-order chi connectivity index (χ0) is 18.5. The first kappa shape index (κ1) is 15.6. The molecule has 1 aromatic carbocycles. The summed E-state index contributed by atoms with van der Waals surface area (Å²) < 4.78 is 3.31. The second-order valence-electron chi connectivity index (χ2n) is 6.56. The molecule has 0 fully saturated rings. The SMILES string of the molecule is Cc1ccc(-c2nc3c4cnn(-c5nc(C)cc(C)n5)c4ncn3n2)cc1. The standard InChI is InChI=1S/C19H16N8/c1-11-4-6-14(7-5-11)16-24-18-15-9-21-27(17(15)20-10-26(18)25-16)19-22-12(2)8-13(3)23-19/h4-10H,1-3H3. The molecule has 0 saturated carbocycles. The first-order valence-corrected chi connectivity index (χ1v) is 8.57. The molecule has 0 aliphatic heterocycles. The summed E-state index contributed by atoms with van der Waals surface area (Å²) in [7, 11) is 0. The summed E-state index contributed by atoms with van der Waals surface area (Å²) in [6.07, 6.45) is 3.37. The van der Waals surface area contributed by atoms with Crippen molar-refractivity contribution >= 4 is 16.7 Å². The van der Waals surface area contributed by atoms with Gasteiger partial charge >= 0.3 is 0 Å². The summed E-state index contributed by atoms with van der Waals surface area (Å²) in [5.74, 6) is 1.15. The van der Waals surface area contributed by atoms with Crippen LogP contribution in [-0.4, -0.2) is 39.3 Å². The number of aromatic nitrogens is 8. The predicted octanol–water partition coefficient (Wildman–Crippen LogP) is 2.85. The Labute approximate surface area is 154 Å². The van der Waals surface area contributed by atoms with Gasteiger partial charge in [-0.3, -0.25) is 0 Å². The maximum absolute atomic E-state index is 4.70. The zero-order valence-electron chi connectivity index (χ0n) is 15.1. The molecule has 5 aromatic rings. The molecule has 0 amide bonds. The molecule has 0 N–H and O–H groups in total. The van der Waals surface area contributed by atoms with Crippen LogP contribution < -0.4 is 0 Å². The summed E-state index contributed by atoms with van der Waals surface area (Å²) in [4.78, 5) is 18.2. The molecule has 8 heteroatoms. The largest absolute Gasteiger partial charge is 0.252 e. The van der Waals surface area contributed by atoms with E-state index in [1.807, 2.05) is 44.2 Å². The van der Waals surface area contributed by atoms with E-state index in [2.05, 4.69) is 32.1 Å². The van der Waals surface area contributed by atoms with Crippen molar-refractivity contribution in [1.82, 2.24) is 39.3 Å². The normalized spacial score (nSPS) is 11.5. The van der Waals surface area contributed by atoms with Gasteiger partial charge in [0.25, 0.3) is 5.95 Å². The smallest absolute Gasteiger partial charge is 0.216 e. The van der Waals surface area contributed by atoms with Crippen molar-refractivity contribution in [2.75, 3.05) is 0 Å². The zero-order valence-corrected chi connectivity index (χ0v) is 15.1. The van der Waals surface area contributed by atoms with Gasteiger partial charge in [0.15, 0.2) is 17.1 Å². The van der Waals surface area contributed by atoms with Crippen molar-refractivity contribution in [3.8, 4) is 17.3 Å². The third kappa shape index (κ3) is 2.53. The van der Waals surface area contributed by atoms with Gasteiger partial charge < -0.3 is 0 Å². The third-order valence-electron chi connectivity index (χ3n) is 4.38. The van der Waals surface area contributed by atoms with E-state index in [-0.39, 0.29) is 0 Å². The summed E-state index contributed by atoms with van der Waals surface area (Å²) in [5.41, 5.74) is 5.27. The van der Waals surface area contributed by atoms with Gasteiger partial charge in [0.2, 0.25) is 0 Å². The Morgan fingerprint density at radius 2 is 1.59 bits per heavy atom. The maximum Gasteiger partial charge on any atom is 0.252 e. The molecule has 5 rings (SSSR count). The minimum absolute atomic E-state index is 0.498. The third-order valence-corrected chi connectivity index (χ3v) is 4.38. The van der Waals surface area contributed by atoms with Crippen molar-refractivity contribution in [3.63, 3.8) is 0 Å². The van der Waals surface area contributed by atoms with Crippen molar-refractivity contribution in [3.05, 3.63) is 59.8 Å². The van der Waals surface area contributed by atoms with Gasteiger partial charge in [0.1, 0.15) is 6.33 Å². The lowest BCUT2D eigenvalue weighted by molar-refractivity contribution is 0.804. The van der Waals surface area contributed by atoms with E-state index >= 15 is 0 Å². The molecule has 0 atom stereocenters. The topological polar surface area (TPSA) is 86.7 Å². The number of hydrogen-bond acceptors (Lipinski definition) is 6. The van der Waals surface area contributed by atoms with Crippen molar-refractivity contribution in [2.24, 2.45) is 0 Å². The van der Waals surface area contributed by atoms with Gasteiger partial charge in [-0.15, -0.1) is 5.10 Å². The molecule has 0 bridgehead atoms. The van der Waals surface area contributed by atoms with Crippen LogP contribution >= 0.6 is 0 Å². The molecule has 0 aliphatic rings. The average Bonchev–Trinajstić information content (AvgIpc) is 3.25. The van der Waals surface area contributed by atoms with E-state index < -0.39 is 0 Å². The van der Waals surface area contributed by atoms with E-state index in [4.69, 9.17) is 4.98 Å². The van der Waals surface area contributed by atoms with Gasteiger partial charge in [-0.25, -0.2) is 24.5 Å². The van der Waals surface area contributed by atoms with E-state index in [9.17, 15) is 0 Å². The molecule has 132 valence electrons. The summed E-state index contributed by atoms with van der Waals surface area (Å²) in [6, 6.07) is 10.0. The Morgan fingerprint density at radius 1 is 0.852 bits per heavy atom. The van der Waals surface area contributed by atoms with Crippen LogP contribution in [0.25, 0.3) is 34.0 Å². The number of fused-ring (bicyclic) bond motifs is 3. The fraction of sp³-hybridized carbons (Fsp3) is 0.158. The monoisotopic (exact) mass is 356 g/mol. The van der Waals surface area contributed by atoms with E-state index in [0.29, 0.717) is 23.1 Å². The lowest BCUT2D eigenvalue weighted by Crippen LogP contribution is -2.06. The first-order valence-electron chi connectivity index (χ1n) is 8.57. The second kappa shape index (κ2) is 5.66. The number of nitrogens with zero attached hydrogens (tertiary/aromatic N) is 8. The Morgan fingerprint density at radius 3 is 2.33 bits per heavy atom. The van der Waals surface area contributed by atoms with Crippen LogP contribution in [0.3, 0.4) is 0 Å². The minimum atomic E-state index is 0.498. The molecule has 4 aromatic heterocycles. The van der Waals surface area contributed by atoms with Gasteiger partial charge in [0, 0.05) is 17.0 Å². The van der Waals surface area contributed by atoms with E-state index in [0.717, 1.165) is 22.3 Å². The van der Waals surface area contributed by atoms with Gasteiger partial charge in [-0.05, 0) is 26.8 Å². The molecule has 0 spiro atoms. The van der Waals surface area contributed by atoms with Crippen LogP contribution in [0, 0.1) is 20.8 Å². The van der Waals surface area contributed by atoms with E-state index in [1.54, 1.807) is 21.7 Å². The fourth-order valence-corrected chi connectivity index (χ4v) is 3.09. The maximum atomic E-state index is 4.70. The quantitative estimate of drug-likeness (QED) is 0.483. The fourth-order valence-electron chi connectivity index (χ4n) is 3.09. The van der Waals surface area contributed by atoms with Crippen LogP contribution in [-0.2, 0) is 0 Å². The average molecular weight is 356 g/mol. The van der Waals surface area contributed by atoms with Gasteiger partial charge in [-0.1, -0.05) is 29.8 Å². The van der Waals surface area contributed by atoms with Gasteiger partial charge in [0.05, 0.1) is 11.6 Å². The molecule has 4 heterocycles. The number of aryl methyl sites for hydroxylation is 3. The first-order chi connectivity index (χ1) is 13.1.